The van der Waals surface area contributed by atoms with Crippen LogP contribution in [0.5, 0.6) is 0 Å². The molecule has 1 fully saturated rings. The van der Waals surface area contributed by atoms with Crippen molar-refractivity contribution in [3.8, 4) is 11.4 Å². The van der Waals surface area contributed by atoms with Gasteiger partial charge in [0.25, 0.3) is 0 Å². The second kappa shape index (κ2) is 7.54. The van der Waals surface area contributed by atoms with Gasteiger partial charge in [-0.3, -0.25) is 4.79 Å². The number of carbonyl (C=O) groups is 1. The van der Waals surface area contributed by atoms with Crippen LogP contribution in [0.3, 0.4) is 0 Å². The van der Waals surface area contributed by atoms with Crippen molar-refractivity contribution in [2.24, 2.45) is 0 Å². The quantitative estimate of drug-likeness (QED) is 0.635. The second-order valence-electron chi connectivity index (χ2n) is 7.44. The first-order valence-electron chi connectivity index (χ1n) is 9.49. The summed E-state index contributed by atoms with van der Waals surface area (Å²) in [5, 5.41) is 4.01. The summed E-state index contributed by atoms with van der Waals surface area (Å²) in [4.78, 5) is 18.7. The maximum absolute atomic E-state index is 13.1. The summed E-state index contributed by atoms with van der Waals surface area (Å²) in [7, 11) is 0. The monoisotopic (exact) mass is 379 g/mol. The molecule has 0 spiro atoms. The van der Waals surface area contributed by atoms with Crippen molar-refractivity contribution < 1.29 is 13.7 Å². The first kappa shape index (κ1) is 18.3. The van der Waals surface area contributed by atoms with Crippen LogP contribution in [0.1, 0.15) is 55.7 Å². The Kier molecular flexibility index (Phi) is 4.94. The molecule has 28 heavy (non-hydrogen) atoms. The number of hydrogen-bond acceptors (Lipinski definition) is 4. The molecular formula is C22H22FN3O2. The average molecular weight is 379 g/mol. The number of hydrogen-bond donors (Lipinski definition) is 0. The van der Waals surface area contributed by atoms with Crippen LogP contribution < -0.4 is 0 Å². The molecule has 3 aromatic rings. The zero-order valence-corrected chi connectivity index (χ0v) is 15.9. The Morgan fingerprint density at radius 1 is 1.14 bits per heavy atom. The van der Waals surface area contributed by atoms with Gasteiger partial charge in [-0.1, -0.05) is 43.3 Å². The van der Waals surface area contributed by atoms with Crippen molar-refractivity contribution in [2.75, 3.05) is 0 Å². The van der Waals surface area contributed by atoms with E-state index in [1.165, 1.54) is 17.7 Å². The average Bonchev–Trinajstić information content (AvgIpc) is 3.30. The Bertz CT molecular complexity index is 964. The Hall–Kier alpha value is -3.02. The fraction of sp³-hybridized carbons (Fsp3) is 0.318. The standard InChI is InChI=1S/C22H22FN3O2/c1-14(2)16-5-3-15(4-6-16)13-26-19(11-12-20(26)27)22-24-21(25-28-22)17-7-9-18(23)10-8-17/h3-10,14,19H,11-13H2,1-2H3. The number of rotatable bonds is 5. The van der Waals surface area contributed by atoms with Crippen LogP contribution in [-0.4, -0.2) is 20.9 Å². The van der Waals surface area contributed by atoms with E-state index < -0.39 is 0 Å². The van der Waals surface area contributed by atoms with Crippen LogP contribution >= 0.6 is 0 Å². The fourth-order valence-corrected chi connectivity index (χ4v) is 3.48. The van der Waals surface area contributed by atoms with E-state index in [0.717, 1.165) is 5.56 Å². The number of aromatic nitrogens is 2. The summed E-state index contributed by atoms with van der Waals surface area (Å²) in [5.41, 5.74) is 3.02. The van der Waals surface area contributed by atoms with Crippen LogP contribution in [-0.2, 0) is 11.3 Å². The predicted octanol–water partition coefficient (Wildman–Crippen LogP) is 4.86. The topological polar surface area (TPSA) is 59.2 Å². The van der Waals surface area contributed by atoms with Gasteiger partial charge in [0.15, 0.2) is 0 Å². The summed E-state index contributed by atoms with van der Waals surface area (Å²) >= 11 is 0. The van der Waals surface area contributed by atoms with E-state index >= 15 is 0 Å². The largest absolute Gasteiger partial charge is 0.337 e. The van der Waals surface area contributed by atoms with Gasteiger partial charge in [0.2, 0.25) is 17.6 Å². The van der Waals surface area contributed by atoms with Crippen molar-refractivity contribution in [2.45, 2.75) is 45.2 Å². The van der Waals surface area contributed by atoms with E-state index in [2.05, 4.69) is 48.3 Å². The molecule has 0 N–H and O–H groups in total. The lowest BCUT2D eigenvalue weighted by Gasteiger charge is -2.22. The first-order valence-corrected chi connectivity index (χ1v) is 9.49. The molecule has 1 aliphatic heterocycles. The number of amides is 1. The minimum Gasteiger partial charge on any atom is -0.337 e. The zero-order valence-electron chi connectivity index (χ0n) is 15.9. The summed E-state index contributed by atoms with van der Waals surface area (Å²) in [6.07, 6.45) is 1.11. The van der Waals surface area contributed by atoms with Gasteiger partial charge in [0, 0.05) is 18.5 Å². The van der Waals surface area contributed by atoms with Crippen molar-refractivity contribution in [3.63, 3.8) is 0 Å². The molecule has 0 radical (unpaired) electrons. The molecule has 5 nitrogen and oxygen atoms in total. The number of nitrogens with zero attached hydrogens (tertiary/aromatic N) is 3. The van der Waals surface area contributed by atoms with Crippen molar-refractivity contribution >= 4 is 5.91 Å². The molecule has 144 valence electrons. The van der Waals surface area contributed by atoms with E-state index in [1.807, 2.05) is 0 Å². The number of likely N-dealkylation sites (tertiary alicyclic amines) is 1. The van der Waals surface area contributed by atoms with E-state index in [1.54, 1.807) is 17.0 Å². The lowest BCUT2D eigenvalue weighted by atomic mass is 10.0. The molecule has 2 heterocycles. The molecule has 1 aromatic heterocycles. The van der Waals surface area contributed by atoms with Crippen LogP contribution in [0, 0.1) is 5.82 Å². The van der Waals surface area contributed by atoms with E-state index in [4.69, 9.17) is 4.52 Å². The van der Waals surface area contributed by atoms with Crippen LogP contribution in [0.4, 0.5) is 4.39 Å². The Balaban J connectivity index is 1.54. The highest BCUT2D eigenvalue weighted by Crippen LogP contribution is 2.34. The molecule has 1 saturated heterocycles. The zero-order chi connectivity index (χ0) is 19.7. The van der Waals surface area contributed by atoms with Gasteiger partial charge in [-0.2, -0.15) is 4.98 Å². The van der Waals surface area contributed by atoms with E-state index in [-0.39, 0.29) is 17.8 Å². The third kappa shape index (κ3) is 3.67. The lowest BCUT2D eigenvalue weighted by molar-refractivity contribution is -0.129. The highest BCUT2D eigenvalue weighted by Gasteiger charge is 2.36. The number of carbonyl (C=O) groups excluding carboxylic acids is 1. The minimum absolute atomic E-state index is 0.0828. The molecule has 4 rings (SSSR count). The van der Waals surface area contributed by atoms with Crippen molar-refractivity contribution in [3.05, 3.63) is 71.4 Å². The molecule has 2 aromatic carbocycles. The fourth-order valence-electron chi connectivity index (χ4n) is 3.48. The predicted molar refractivity (Wildman–Crippen MR) is 103 cm³/mol. The second-order valence-corrected chi connectivity index (χ2v) is 7.44. The van der Waals surface area contributed by atoms with Crippen LogP contribution in [0.2, 0.25) is 0 Å². The molecule has 0 aliphatic carbocycles. The highest BCUT2D eigenvalue weighted by molar-refractivity contribution is 5.78. The lowest BCUT2D eigenvalue weighted by Crippen LogP contribution is -2.27. The van der Waals surface area contributed by atoms with Gasteiger partial charge in [0.05, 0.1) is 0 Å². The number of benzene rings is 2. The third-order valence-corrected chi connectivity index (χ3v) is 5.16. The summed E-state index contributed by atoms with van der Waals surface area (Å²) in [6.45, 7) is 4.82. The molecule has 1 unspecified atom stereocenters. The maximum Gasteiger partial charge on any atom is 0.249 e. The van der Waals surface area contributed by atoms with Crippen LogP contribution in [0.25, 0.3) is 11.4 Å². The Labute approximate surface area is 163 Å². The van der Waals surface area contributed by atoms with Gasteiger partial charge in [-0.15, -0.1) is 0 Å². The van der Waals surface area contributed by atoms with Gasteiger partial charge in [0.1, 0.15) is 11.9 Å². The summed E-state index contributed by atoms with van der Waals surface area (Å²) in [6, 6.07) is 14.0. The van der Waals surface area contributed by atoms with E-state index in [9.17, 15) is 9.18 Å². The third-order valence-electron chi connectivity index (χ3n) is 5.16. The molecule has 1 atom stereocenters. The molecule has 1 aliphatic rings. The Morgan fingerprint density at radius 3 is 2.54 bits per heavy atom. The molecule has 0 saturated carbocycles. The molecular weight excluding hydrogens is 357 g/mol. The van der Waals surface area contributed by atoms with Crippen molar-refractivity contribution in [1.82, 2.24) is 15.0 Å². The maximum atomic E-state index is 13.1. The normalized spacial score (nSPS) is 16.9. The SMILES string of the molecule is CC(C)c1ccc(CN2C(=O)CCC2c2nc(-c3ccc(F)cc3)no2)cc1. The highest BCUT2D eigenvalue weighted by atomic mass is 19.1. The number of halogens is 1. The molecule has 0 bridgehead atoms. The van der Waals surface area contributed by atoms with Gasteiger partial charge < -0.3 is 9.42 Å². The summed E-state index contributed by atoms with van der Waals surface area (Å²) < 4.78 is 18.6. The van der Waals surface area contributed by atoms with E-state index in [0.29, 0.717) is 42.6 Å². The molecule has 1 amide bonds. The van der Waals surface area contributed by atoms with Crippen LogP contribution in [0.15, 0.2) is 53.1 Å². The summed E-state index contributed by atoms with van der Waals surface area (Å²) in [5.74, 6) is 1.06. The van der Waals surface area contributed by atoms with Gasteiger partial charge >= 0.3 is 0 Å². The smallest absolute Gasteiger partial charge is 0.249 e. The van der Waals surface area contributed by atoms with Gasteiger partial charge in [-0.25, -0.2) is 4.39 Å². The first-order chi connectivity index (χ1) is 13.5. The Morgan fingerprint density at radius 2 is 1.86 bits per heavy atom. The minimum atomic E-state index is -0.316. The van der Waals surface area contributed by atoms with Gasteiger partial charge in [-0.05, 0) is 47.7 Å². The molecule has 6 heteroatoms. The van der Waals surface area contributed by atoms with Crippen molar-refractivity contribution in [1.29, 1.82) is 0 Å².